The summed E-state index contributed by atoms with van der Waals surface area (Å²) in [7, 11) is 0. The lowest BCUT2D eigenvalue weighted by atomic mass is 9.87. The van der Waals surface area contributed by atoms with E-state index in [2.05, 4.69) is 4.90 Å². The molecule has 0 spiro atoms. The molecule has 1 aliphatic heterocycles. The molecule has 0 atom stereocenters. The zero-order valence-electron chi connectivity index (χ0n) is 13.5. The lowest BCUT2D eigenvalue weighted by Crippen LogP contribution is -2.39. The summed E-state index contributed by atoms with van der Waals surface area (Å²) in [5, 5.41) is 0. The van der Waals surface area contributed by atoms with E-state index in [9.17, 15) is 4.39 Å². The number of halogens is 1. The number of piperidine rings is 1. The van der Waals surface area contributed by atoms with Crippen molar-refractivity contribution in [1.82, 2.24) is 4.90 Å². The number of rotatable bonds is 5. The molecule has 1 saturated heterocycles. The summed E-state index contributed by atoms with van der Waals surface area (Å²) in [5.74, 6) is 1.56. The van der Waals surface area contributed by atoms with Crippen LogP contribution in [0, 0.1) is 11.7 Å². The van der Waals surface area contributed by atoms with Crippen molar-refractivity contribution in [1.29, 1.82) is 0 Å². The van der Waals surface area contributed by atoms with E-state index in [0.717, 1.165) is 37.6 Å². The van der Waals surface area contributed by atoms with Crippen molar-refractivity contribution < 1.29 is 9.13 Å². The highest BCUT2D eigenvalue weighted by atomic mass is 19.1. The van der Waals surface area contributed by atoms with Gasteiger partial charge in [0.05, 0.1) is 0 Å². The van der Waals surface area contributed by atoms with Crippen molar-refractivity contribution in [3.63, 3.8) is 0 Å². The largest absolute Gasteiger partial charge is 0.490 e. The van der Waals surface area contributed by atoms with Gasteiger partial charge in [0, 0.05) is 13.1 Å². The van der Waals surface area contributed by atoms with E-state index in [4.69, 9.17) is 4.74 Å². The number of benzene rings is 1. The van der Waals surface area contributed by atoms with Crippen LogP contribution in [-0.2, 0) is 0 Å². The summed E-state index contributed by atoms with van der Waals surface area (Å²) in [4.78, 5) is 2.60. The van der Waals surface area contributed by atoms with Crippen molar-refractivity contribution in [3.8, 4) is 5.75 Å². The molecule has 1 aromatic carbocycles. The maximum absolute atomic E-state index is 12.9. The van der Waals surface area contributed by atoms with Gasteiger partial charge in [-0.15, -0.1) is 0 Å². The summed E-state index contributed by atoms with van der Waals surface area (Å²) in [6.45, 7) is 3.53. The topological polar surface area (TPSA) is 12.5 Å². The minimum Gasteiger partial charge on any atom is -0.490 e. The van der Waals surface area contributed by atoms with E-state index < -0.39 is 0 Å². The van der Waals surface area contributed by atoms with Gasteiger partial charge >= 0.3 is 0 Å². The molecule has 1 aliphatic carbocycles. The molecule has 1 saturated carbocycles. The molecule has 1 aromatic rings. The quantitative estimate of drug-likeness (QED) is 0.786. The third-order valence-electron chi connectivity index (χ3n) is 5.23. The molecule has 22 heavy (non-hydrogen) atoms. The summed E-state index contributed by atoms with van der Waals surface area (Å²) in [6, 6.07) is 6.39. The number of ether oxygens (including phenoxy) is 1. The third kappa shape index (κ3) is 4.70. The Labute approximate surface area is 133 Å². The van der Waals surface area contributed by atoms with Gasteiger partial charge in [-0.25, -0.2) is 4.39 Å². The van der Waals surface area contributed by atoms with Crippen LogP contribution >= 0.6 is 0 Å². The average Bonchev–Trinajstić information content (AvgIpc) is 2.57. The minimum absolute atomic E-state index is 0.204. The zero-order valence-corrected chi connectivity index (χ0v) is 13.5. The highest BCUT2D eigenvalue weighted by Crippen LogP contribution is 2.27. The van der Waals surface area contributed by atoms with E-state index in [1.165, 1.54) is 57.2 Å². The smallest absolute Gasteiger partial charge is 0.123 e. The van der Waals surface area contributed by atoms with Gasteiger partial charge < -0.3 is 9.64 Å². The van der Waals surface area contributed by atoms with Crippen LogP contribution in [0.15, 0.2) is 24.3 Å². The van der Waals surface area contributed by atoms with Gasteiger partial charge in [-0.3, -0.25) is 0 Å². The van der Waals surface area contributed by atoms with Crippen LogP contribution in [0.3, 0.4) is 0 Å². The van der Waals surface area contributed by atoms with Crippen LogP contribution in [0.4, 0.5) is 4.39 Å². The first kappa shape index (κ1) is 15.8. The van der Waals surface area contributed by atoms with Gasteiger partial charge in [0.2, 0.25) is 0 Å². The molecule has 2 aliphatic rings. The van der Waals surface area contributed by atoms with E-state index >= 15 is 0 Å². The van der Waals surface area contributed by atoms with Crippen LogP contribution in [0.5, 0.6) is 5.75 Å². The molecule has 0 radical (unpaired) electrons. The molecule has 3 rings (SSSR count). The fourth-order valence-corrected chi connectivity index (χ4v) is 3.80. The minimum atomic E-state index is -0.204. The summed E-state index contributed by atoms with van der Waals surface area (Å²) in [6.07, 6.45) is 11.1. The normalized spacial score (nSPS) is 21.9. The average molecular weight is 305 g/mol. The van der Waals surface area contributed by atoms with Crippen LogP contribution in [0.1, 0.15) is 51.4 Å². The second kappa shape index (κ2) is 7.96. The standard InChI is InChI=1S/C19H28FNO/c20-17-6-8-18(9-7-17)22-19-11-14-21(15-12-19)13-10-16-4-2-1-3-5-16/h6-9,16,19H,1-5,10-15H2. The van der Waals surface area contributed by atoms with Crippen molar-refractivity contribution >= 4 is 0 Å². The highest BCUT2D eigenvalue weighted by Gasteiger charge is 2.21. The fourth-order valence-electron chi connectivity index (χ4n) is 3.80. The predicted octanol–water partition coefficient (Wildman–Crippen LogP) is 4.64. The maximum atomic E-state index is 12.9. The van der Waals surface area contributed by atoms with Crippen LogP contribution < -0.4 is 4.74 Å². The van der Waals surface area contributed by atoms with Gasteiger partial charge in [-0.05, 0) is 56.0 Å². The maximum Gasteiger partial charge on any atom is 0.123 e. The van der Waals surface area contributed by atoms with Crippen molar-refractivity contribution in [2.75, 3.05) is 19.6 Å². The van der Waals surface area contributed by atoms with E-state index in [-0.39, 0.29) is 11.9 Å². The van der Waals surface area contributed by atoms with Gasteiger partial charge in [-0.2, -0.15) is 0 Å². The van der Waals surface area contributed by atoms with Gasteiger partial charge in [0.25, 0.3) is 0 Å². The van der Waals surface area contributed by atoms with Crippen LogP contribution in [0.25, 0.3) is 0 Å². The first-order chi connectivity index (χ1) is 10.8. The first-order valence-corrected chi connectivity index (χ1v) is 8.94. The molecule has 0 aromatic heterocycles. The van der Waals surface area contributed by atoms with Crippen LogP contribution in [0.2, 0.25) is 0 Å². The molecular formula is C19H28FNO. The van der Waals surface area contributed by atoms with Gasteiger partial charge in [0.1, 0.15) is 17.7 Å². The Bertz CT molecular complexity index is 433. The molecule has 0 N–H and O–H groups in total. The lowest BCUT2D eigenvalue weighted by Gasteiger charge is -2.33. The molecule has 2 nitrogen and oxygen atoms in total. The highest BCUT2D eigenvalue weighted by molar-refractivity contribution is 5.22. The Kier molecular flexibility index (Phi) is 5.71. The Hall–Kier alpha value is -1.09. The summed E-state index contributed by atoms with van der Waals surface area (Å²) in [5.41, 5.74) is 0. The Morgan fingerprint density at radius 3 is 2.32 bits per heavy atom. The summed E-state index contributed by atoms with van der Waals surface area (Å²) < 4.78 is 18.9. The van der Waals surface area contributed by atoms with Crippen molar-refractivity contribution in [2.24, 2.45) is 5.92 Å². The third-order valence-corrected chi connectivity index (χ3v) is 5.23. The molecule has 122 valence electrons. The molecule has 3 heteroatoms. The fraction of sp³-hybridized carbons (Fsp3) is 0.684. The Balaban J connectivity index is 1.36. The Morgan fingerprint density at radius 1 is 0.955 bits per heavy atom. The van der Waals surface area contributed by atoms with E-state index in [1.807, 2.05) is 0 Å². The monoisotopic (exact) mass is 305 g/mol. The van der Waals surface area contributed by atoms with Crippen molar-refractivity contribution in [2.45, 2.75) is 57.5 Å². The zero-order chi connectivity index (χ0) is 15.2. The lowest BCUT2D eigenvalue weighted by molar-refractivity contribution is 0.0955. The Morgan fingerprint density at radius 2 is 1.64 bits per heavy atom. The summed E-state index contributed by atoms with van der Waals surface area (Å²) >= 11 is 0. The molecule has 0 unspecified atom stereocenters. The second-order valence-corrected chi connectivity index (χ2v) is 6.91. The molecular weight excluding hydrogens is 277 g/mol. The number of hydrogen-bond acceptors (Lipinski definition) is 2. The molecule has 1 heterocycles. The number of hydrogen-bond donors (Lipinski definition) is 0. The van der Waals surface area contributed by atoms with Crippen LogP contribution in [-0.4, -0.2) is 30.6 Å². The molecule has 2 fully saturated rings. The first-order valence-electron chi connectivity index (χ1n) is 8.94. The second-order valence-electron chi connectivity index (χ2n) is 6.91. The predicted molar refractivity (Wildman–Crippen MR) is 87.7 cm³/mol. The number of nitrogens with zero attached hydrogens (tertiary/aromatic N) is 1. The van der Waals surface area contributed by atoms with Gasteiger partial charge in [-0.1, -0.05) is 32.1 Å². The van der Waals surface area contributed by atoms with E-state index in [0.29, 0.717) is 0 Å². The number of likely N-dealkylation sites (tertiary alicyclic amines) is 1. The van der Waals surface area contributed by atoms with Crippen molar-refractivity contribution in [3.05, 3.63) is 30.1 Å². The van der Waals surface area contributed by atoms with Gasteiger partial charge in [0.15, 0.2) is 0 Å². The van der Waals surface area contributed by atoms with E-state index in [1.54, 1.807) is 12.1 Å². The molecule has 0 amide bonds. The SMILES string of the molecule is Fc1ccc(OC2CCN(CCC3CCCCC3)CC2)cc1. The molecule has 0 bridgehead atoms.